The zero-order chi connectivity index (χ0) is 23.9. The fourth-order valence-corrected chi connectivity index (χ4v) is 4.20. The number of carbonyl (C=O) groups excluding carboxylic acids is 2. The number of amides is 2. The van der Waals surface area contributed by atoms with Crippen molar-refractivity contribution in [1.82, 2.24) is 20.8 Å². The lowest BCUT2D eigenvalue weighted by Gasteiger charge is -2.10. The minimum atomic E-state index is -0.456. The Bertz CT molecular complexity index is 1310. The number of nitrogens with zero attached hydrogens (tertiary/aromatic N) is 2. The van der Waals surface area contributed by atoms with Gasteiger partial charge in [0, 0.05) is 22.7 Å². The number of thioether (sulfide) groups is 1. The van der Waals surface area contributed by atoms with E-state index in [1.54, 1.807) is 30.0 Å². The quantitative estimate of drug-likeness (QED) is 0.236. The van der Waals surface area contributed by atoms with Gasteiger partial charge in [-0.2, -0.15) is 0 Å². The number of aromatic nitrogens is 2. The molecule has 7 nitrogen and oxygen atoms in total. The second-order valence-corrected chi connectivity index (χ2v) is 8.66. The average Bonchev–Trinajstić information content (AvgIpc) is 2.84. The Morgan fingerprint density at radius 2 is 1.56 bits per heavy atom. The molecule has 2 amide bonds. The van der Waals surface area contributed by atoms with Gasteiger partial charge < -0.3 is 4.74 Å². The number of aryl methyl sites for hydroxylation is 2. The Morgan fingerprint density at radius 3 is 2.29 bits per heavy atom. The van der Waals surface area contributed by atoms with Crippen molar-refractivity contribution in [1.29, 1.82) is 0 Å². The van der Waals surface area contributed by atoms with E-state index in [4.69, 9.17) is 4.74 Å². The maximum atomic E-state index is 12.3. The van der Waals surface area contributed by atoms with E-state index in [9.17, 15) is 9.59 Å². The number of nitrogens with one attached hydrogen (secondary N) is 2. The van der Waals surface area contributed by atoms with Gasteiger partial charge >= 0.3 is 0 Å². The molecule has 0 aliphatic carbocycles. The molecule has 0 unspecified atom stereocenters. The van der Waals surface area contributed by atoms with Crippen molar-refractivity contribution in [2.45, 2.75) is 24.8 Å². The maximum absolute atomic E-state index is 12.3. The molecule has 1 aromatic heterocycles. The predicted octanol–water partition coefficient (Wildman–Crippen LogP) is 4.38. The first-order chi connectivity index (χ1) is 16.5. The molecular formula is C26H24N4O3S. The zero-order valence-electron chi connectivity index (χ0n) is 18.9. The summed E-state index contributed by atoms with van der Waals surface area (Å²) in [5, 5.41) is 2.85. The molecule has 0 fully saturated rings. The molecule has 34 heavy (non-hydrogen) atoms. The summed E-state index contributed by atoms with van der Waals surface area (Å²) < 4.78 is 5.53. The molecule has 0 saturated heterocycles. The standard InChI is InChI=1S/C26H24N4O3S/c1-17-13-18(2)28-26(27-17)34-16-19-7-9-21(10-8-19)25(32)30-29-24(31)15-33-23-12-11-20-5-3-4-6-22(20)14-23/h3-14H,15-16H2,1-2H3,(H,29,31)(H,30,32). The van der Waals surface area contributed by atoms with Gasteiger partial charge in [0.05, 0.1) is 0 Å². The van der Waals surface area contributed by atoms with Crippen LogP contribution < -0.4 is 15.6 Å². The number of hydrogen-bond acceptors (Lipinski definition) is 6. The molecule has 0 radical (unpaired) electrons. The molecule has 0 aliphatic heterocycles. The summed E-state index contributed by atoms with van der Waals surface area (Å²) in [5.74, 6) is 0.409. The van der Waals surface area contributed by atoms with Crippen LogP contribution in [0.4, 0.5) is 0 Å². The molecule has 0 spiro atoms. The molecule has 0 aliphatic rings. The lowest BCUT2D eigenvalue weighted by Crippen LogP contribution is -2.43. The van der Waals surface area contributed by atoms with E-state index in [0.717, 1.165) is 32.9 Å². The summed E-state index contributed by atoms with van der Waals surface area (Å²) in [5.41, 5.74) is 8.14. The molecule has 2 N–H and O–H groups in total. The molecule has 4 aromatic rings. The van der Waals surface area contributed by atoms with Gasteiger partial charge in [-0.1, -0.05) is 54.2 Å². The third-order valence-electron chi connectivity index (χ3n) is 4.95. The van der Waals surface area contributed by atoms with E-state index in [1.807, 2.05) is 68.4 Å². The summed E-state index contributed by atoms with van der Waals surface area (Å²) in [7, 11) is 0. The third kappa shape index (κ3) is 6.32. The second-order valence-electron chi connectivity index (χ2n) is 7.72. The van der Waals surface area contributed by atoms with Gasteiger partial charge in [0.15, 0.2) is 11.8 Å². The van der Waals surface area contributed by atoms with Gasteiger partial charge in [-0.25, -0.2) is 9.97 Å². The summed E-state index contributed by atoms with van der Waals surface area (Å²) in [6.07, 6.45) is 0. The fraction of sp³-hybridized carbons (Fsp3) is 0.154. The molecule has 4 rings (SSSR count). The normalized spacial score (nSPS) is 10.6. The monoisotopic (exact) mass is 472 g/mol. The van der Waals surface area contributed by atoms with Crippen molar-refractivity contribution in [2.75, 3.05) is 6.61 Å². The summed E-state index contributed by atoms with van der Waals surface area (Å²) >= 11 is 1.54. The Kier molecular flexibility index (Phi) is 7.39. The molecule has 0 bridgehead atoms. The number of benzene rings is 3. The van der Waals surface area contributed by atoms with E-state index in [0.29, 0.717) is 17.1 Å². The number of fused-ring (bicyclic) bond motifs is 1. The van der Waals surface area contributed by atoms with Crippen LogP contribution in [0.2, 0.25) is 0 Å². The zero-order valence-corrected chi connectivity index (χ0v) is 19.7. The lowest BCUT2D eigenvalue weighted by molar-refractivity contribution is -0.123. The topological polar surface area (TPSA) is 93.2 Å². The second kappa shape index (κ2) is 10.8. The maximum Gasteiger partial charge on any atom is 0.276 e. The van der Waals surface area contributed by atoms with Crippen molar-refractivity contribution >= 4 is 34.3 Å². The Morgan fingerprint density at radius 1 is 0.853 bits per heavy atom. The van der Waals surface area contributed by atoms with E-state index in [-0.39, 0.29) is 6.61 Å². The van der Waals surface area contributed by atoms with E-state index >= 15 is 0 Å². The fourth-order valence-electron chi connectivity index (χ4n) is 3.30. The van der Waals surface area contributed by atoms with Gasteiger partial charge in [0.1, 0.15) is 5.75 Å². The number of carbonyl (C=O) groups is 2. The van der Waals surface area contributed by atoms with Crippen LogP contribution in [-0.4, -0.2) is 28.4 Å². The van der Waals surface area contributed by atoms with Crippen LogP contribution in [0.5, 0.6) is 5.75 Å². The van der Waals surface area contributed by atoms with Crippen LogP contribution in [0.3, 0.4) is 0 Å². The van der Waals surface area contributed by atoms with E-state index in [2.05, 4.69) is 20.8 Å². The van der Waals surface area contributed by atoms with Crippen molar-refractivity contribution in [3.05, 3.63) is 95.3 Å². The first-order valence-electron chi connectivity index (χ1n) is 10.7. The van der Waals surface area contributed by atoms with Crippen LogP contribution in [0, 0.1) is 13.8 Å². The number of hydrazine groups is 1. The minimum absolute atomic E-state index is 0.213. The van der Waals surface area contributed by atoms with Crippen molar-refractivity contribution in [3.8, 4) is 5.75 Å². The molecular weight excluding hydrogens is 448 g/mol. The van der Waals surface area contributed by atoms with Crippen LogP contribution in [0.1, 0.15) is 27.3 Å². The van der Waals surface area contributed by atoms with Crippen LogP contribution in [0.15, 0.2) is 78.0 Å². The first-order valence-corrected chi connectivity index (χ1v) is 11.7. The minimum Gasteiger partial charge on any atom is -0.484 e. The molecule has 8 heteroatoms. The molecule has 0 saturated carbocycles. The Hall–Kier alpha value is -3.91. The smallest absolute Gasteiger partial charge is 0.276 e. The number of rotatable bonds is 7. The Balaban J connectivity index is 1.23. The van der Waals surface area contributed by atoms with Crippen molar-refractivity contribution < 1.29 is 14.3 Å². The highest BCUT2D eigenvalue weighted by atomic mass is 32.2. The highest BCUT2D eigenvalue weighted by Crippen LogP contribution is 2.21. The Labute approximate surface area is 201 Å². The lowest BCUT2D eigenvalue weighted by atomic mass is 10.1. The van der Waals surface area contributed by atoms with Gasteiger partial charge in [0.25, 0.3) is 11.8 Å². The van der Waals surface area contributed by atoms with Crippen LogP contribution in [-0.2, 0) is 10.5 Å². The van der Waals surface area contributed by atoms with Crippen LogP contribution in [0.25, 0.3) is 10.8 Å². The first kappa shape index (κ1) is 23.3. The van der Waals surface area contributed by atoms with Gasteiger partial charge in [-0.3, -0.25) is 20.4 Å². The summed E-state index contributed by atoms with van der Waals surface area (Å²) in [6, 6.07) is 22.6. The van der Waals surface area contributed by atoms with E-state index < -0.39 is 11.8 Å². The molecule has 172 valence electrons. The summed E-state index contributed by atoms with van der Waals surface area (Å²) in [4.78, 5) is 33.3. The highest BCUT2D eigenvalue weighted by Gasteiger charge is 2.09. The number of ether oxygens (including phenoxy) is 1. The average molecular weight is 473 g/mol. The highest BCUT2D eigenvalue weighted by molar-refractivity contribution is 7.98. The van der Waals surface area contributed by atoms with Crippen molar-refractivity contribution in [2.24, 2.45) is 0 Å². The van der Waals surface area contributed by atoms with Gasteiger partial charge in [-0.15, -0.1) is 0 Å². The van der Waals surface area contributed by atoms with Crippen LogP contribution >= 0.6 is 11.8 Å². The predicted molar refractivity (Wildman–Crippen MR) is 133 cm³/mol. The summed E-state index contributed by atoms with van der Waals surface area (Å²) in [6.45, 7) is 3.68. The molecule has 0 atom stereocenters. The van der Waals surface area contributed by atoms with E-state index in [1.165, 1.54) is 0 Å². The largest absolute Gasteiger partial charge is 0.484 e. The SMILES string of the molecule is Cc1cc(C)nc(SCc2ccc(C(=O)NNC(=O)COc3ccc4ccccc4c3)cc2)n1. The van der Waals surface area contributed by atoms with Gasteiger partial charge in [-0.05, 0) is 60.5 Å². The molecule has 3 aromatic carbocycles. The van der Waals surface area contributed by atoms with Crippen molar-refractivity contribution in [3.63, 3.8) is 0 Å². The number of hydrogen-bond donors (Lipinski definition) is 2. The molecule has 1 heterocycles. The third-order valence-corrected chi connectivity index (χ3v) is 5.87. The van der Waals surface area contributed by atoms with Gasteiger partial charge in [0.2, 0.25) is 0 Å².